The summed E-state index contributed by atoms with van der Waals surface area (Å²) in [5, 5.41) is 0. The molecule has 4 nitrogen and oxygen atoms in total. The minimum absolute atomic E-state index is 0.00450. The van der Waals surface area contributed by atoms with E-state index in [0.29, 0.717) is 0 Å². The van der Waals surface area contributed by atoms with Crippen molar-refractivity contribution in [3.63, 3.8) is 0 Å². The Morgan fingerprint density at radius 1 is 1.24 bits per heavy atom. The second-order valence-electron chi connectivity index (χ2n) is 5.45. The predicted octanol–water partition coefficient (Wildman–Crippen LogP) is 3.19. The van der Waals surface area contributed by atoms with Crippen molar-refractivity contribution in [2.75, 3.05) is 7.11 Å². The van der Waals surface area contributed by atoms with Crippen LogP contribution in [0.3, 0.4) is 0 Å². The summed E-state index contributed by atoms with van der Waals surface area (Å²) in [6.07, 6.45) is 5.34. The number of nitrogens with zero attached hydrogens (tertiary/aromatic N) is 1. The van der Waals surface area contributed by atoms with Gasteiger partial charge in [0.05, 0.1) is 13.2 Å². The summed E-state index contributed by atoms with van der Waals surface area (Å²) in [5.74, 6) is 0.898. The van der Waals surface area contributed by atoms with E-state index in [1.807, 2.05) is 18.2 Å². The number of methoxy groups -OCH3 is 1. The van der Waals surface area contributed by atoms with E-state index in [4.69, 9.17) is 14.2 Å². The molecule has 2 heterocycles. The number of aryl methyl sites for hydroxylation is 1. The fourth-order valence-corrected chi connectivity index (χ4v) is 3.15. The first kappa shape index (κ1) is 12.8. The normalized spacial score (nSPS) is 27.0. The quantitative estimate of drug-likeness (QED) is 0.848. The van der Waals surface area contributed by atoms with E-state index in [1.54, 1.807) is 19.5 Å². The van der Waals surface area contributed by atoms with Gasteiger partial charge < -0.3 is 14.2 Å². The van der Waals surface area contributed by atoms with E-state index in [9.17, 15) is 0 Å². The first-order valence-electron chi connectivity index (χ1n) is 7.23. The van der Waals surface area contributed by atoms with E-state index < -0.39 is 0 Å². The average molecular weight is 283 g/mol. The van der Waals surface area contributed by atoms with Crippen LogP contribution in [0.1, 0.15) is 35.5 Å². The van der Waals surface area contributed by atoms with Crippen molar-refractivity contribution in [1.29, 1.82) is 0 Å². The van der Waals surface area contributed by atoms with Crippen LogP contribution in [0.15, 0.2) is 42.7 Å². The molecule has 0 spiro atoms. The first-order chi connectivity index (χ1) is 10.3. The van der Waals surface area contributed by atoms with Gasteiger partial charge in [-0.2, -0.15) is 0 Å². The summed E-state index contributed by atoms with van der Waals surface area (Å²) in [4.78, 5) is 4.14. The van der Waals surface area contributed by atoms with Crippen molar-refractivity contribution in [1.82, 2.24) is 4.98 Å². The maximum atomic E-state index is 6.15. The van der Waals surface area contributed by atoms with Crippen molar-refractivity contribution in [3.8, 4) is 5.75 Å². The number of ether oxygens (including phenoxy) is 3. The summed E-state index contributed by atoms with van der Waals surface area (Å²) in [6.45, 7) is 0. The number of aromatic nitrogens is 1. The SMILES string of the molecule is COc1ccc2c(c1)CC[C@@H]1O[C@@H](c3cccnc3)O[C@H]21. The van der Waals surface area contributed by atoms with Crippen molar-refractivity contribution in [2.24, 2.45) is 0 Å². The van der Waals surface area contributed by atoms with E-state index in [-0.39, 0.29) is 18.5 Å². The molecule has 1 saturated heterocycles. The maximum absolute atomic E-state index is 6.15. The lowest BCUT2D eigenvalue weighted by Crippen LogP contribution is -2.22. The highest BCUT2D eigenvalue weighted by molar-refractivity contribution is 5.39. The van der Waals surface area contributed by atoms with E-state index in [2.05, 4.69) is 17.1 Å². The minimum Gasteiger partial charge on any atom is -0.497 e. The van der Waals surface area contributed by atoms with Gasteiger partial charge in [-0.05, 0) is 42.2 Å². The smallest absolute Gasteiger partial charge is 0.186 e. The molecular formula is C17H17NO3. The fraction of sp³-hybridized carbons (Fsp3) is 0.353. The number of hydrogen-bond acceptors (Lipinski definition) is 4. The Bertz CT molecular complexity index is 644. The van der Waals surface area contributed by atoms with E-state index in [0.717, 1.165) is 24.2 Å². The van der Waals surface area contributed by atoms with Gasteiger partial charge in [0.15, 0.2) is 6.29 Å². The molecule has 0 radical (unpaired) electrons. The third kappa shape index (κ3) is 2.20. The molecule has 0 bridgehead atoms. The first-order valence-corrected chi connectivity index (χ1v) is 7.23. The zero-order chi connectivity index (χ0) is 14.2. The summed E-state index contributed by atoms with van der Waals surface area (Å²) in [6, 6.07) is 10.1. The summed E-state index contributed by atoms with van der Waals surface area (Å²) in [7, 11) is 1.70. The number of hydrogen-bond donors (Lipinski definition) is 0. The van der Waals surface area contributed by atoms with Crippen molar-refractivity contribution in [3.05, 3.63) is 59.4 Å². The van der Waals surface area contributed by atoms with Gasteiger partial charge in [0.2, 0.25) is 0 Å². The summed E-state index contributed by atoms with van der Waals surface area (Å²) in [5.41, 5.74) is 3.49. The molecule has 0 unspecified atom stereocenters. The molecule has 1 fully saturated rings. The molecule has 1 aliphatic heterocycles. The molecule has 1 aromatic heterocycles. The number of rotatable bonds is 2. The molecule has 4 rings (SSSR count). The second-order valence-corrected chi connectivity index (χ2v) is 5.45. The largest absolute Gasteiger partial charge is 0.497 e. The molecule has 1 aromatic carbocycles. The van der Waals surface area contributed by atoms with Gasteiger partial charge in [-0.1, -0.05) is 12.1 Å². The van der Waals surface area contributed by atoms with Gasteiger partial charge >= 0.3 is 0 Å². The number of fused-ring (bicyclic) bond motifs is 3. The zero-order valence-electron chi connectivity index (χ0n) is 11.9. The van der Waals surface area contributed by atoms with Crippen molar-refractivity contribution in [2.45, 2.75) is 31.3 Å². The Balaban J connectivity index is 1.63. The van der Waals surface area contributed by atoms with Gasteiger partial charge in [0, 0.05) is 18.0 Å². The molecule has 0 N–H and O–H groups in total. The Kier molecular flexibility index (Phi) is 3.13. The van der Waals surface area contributed by atoms with Gasteiger partial charge in [-0.15, -0.1) is 0 Å². The average Bonchev–Trinajstić information content (AvgIpc) is 2.99. The fourth-order valence-electron chi connectivity index (χ4n) is 3.15. The van der Waals surface area contributed by atoms with Gasteiger partial charge in [-0.25, -0.2) is 0 Å². The van der Waals surface area contributed by atoms with Gasteiger partial charge in [-0.3, -0.25) is 4.98 Å². The molecule has 2 aliphatic rings. The van der Waals surface area contributed by atoms with Crippen LogP contribution in [0.5, 0.6) is 5.75 Å². The van der Waals surface area contributed by atoms with Crippen LogP contribution >= 0.6 is 0 Å². The lowest BCUT2D eigenvalue weighted by Gasteiger charge is -2.25. The lowest BCUT2D eigenvalue weighted by atomic mass is 9.87. The molecule has 4 heteroatoms. The molecule has 21 heavy (non-hydrogen) atoms. The Morgan fingerprint density at radius 2 is 2.19 bits per heavy atom. The maximum Gasteiger partial charge on any atom is 0.186 e. The van der Waals surface area contributed by atoms with E-state index >= 15 is 0 Å². The van der Waals surface area contributed by atoms with Crippen LogP contribution in [0.4, 0.5) is 0 Å². The van der Waals surface area contributed by atoms with Crippen LogP contribution in [-0.2, 0) is 15.9 Å². The summed E-state index contributed by atoms with van der Waals surface area (Å²) >= 11 is 0. The molecule has 1 aliphatic carbocycles. The van der Waals surface area contributed by atoms with Gasteiger partial charge in [0.25, 0.3) is 0 Å². The molecule has 2 aromatic rings. The Morgan fingerprint density at radius 3 is 3.00 bits per heavy atom. The van der Waals surface area contributed by atoms with Crippen LogP contribution in [0, 0.1) is 0 Å². The number of pyridine rings is 1. The predicted molar refractivity (Wildman–Crippen MR) is 77.0 cm³/mol. The topological polar surface area (TPSA) is 40.6 Å². The van der Waals surface area contributed by atoms with Gasteiger partial charge in [0.1, 0.15) is 11.9 Å². The monoisotopic (exact) mass is 283 g/mol. The van der Waals surface area contributed by atoms with Crippen molar-refractivity contribution < 1.29 is 14.2 Å². The summed E-state index contributed by atoms with van der Waals surface area (Å²) < 4.78 is 17.5. The van der Waals surface area contributed by atoms with Crippen LogP contribution < -0.4 is 4.74 Å². The van der Waals surface area contributed by atoms with Crippen LogP contribution in [-0.4, -0.2) is 18.2 Å². The standard InChI is InChI=1S/C17H17NO3/c1-19-13-5-6-14-11(9-13)4-7-15-16(14)21-17(20-15)12-3-2-8-18-10-12/h2-3,5-6,8-10,15-17H,4,7H2,1H3/t15-,16+,17+/m0/s1. The van der Waals surface area contributed by atoms with Crippen LogP contribution in [0.2, 0.25) is 0 Å². The molecular weight excluding hydrogens is 266 g/mol. The Labute approximate surface area is 123 Å². The third-order valence-corrected chi connectivity index (χ3v) is 4.22. The van der Waals surface area contributed by atoms with Crippen LogP contribution in [0.25, 0.3) is 0 Å². The number of benzene rings is 1. The molecule has 0 amide bonds. The third-order valence-electron chi connectivity index (χ3n) is 4.22. The highest BCUT2D eigenvalue weighted by Crippen LogP contribution is 2.45. The zero-order valence-corrected chi connectivity index (χ0v) is 11.9. The highest BCUT2D eigenvalue weighted by Gasteiger charge is 2.41. The lowest BCUT2D eigenvalue weighted by molar-refractivity contribution is -0.0692. The van der Waals surface area contributed by atoms with E-state index in [1.165, 1.54) is 11.1 Å². The molecule has 3 atom stereocenters. The highest BCUT2D eigenvalue weighted by atomic mass is 16.7. The minimum atomic E-state index is -0.318. The second kappa shape index (κ2) is 5.13. The molecule has 108 valence electrons. The molecule has 0 saturated carbocycles. The Hall–Kier alpha value is -1.91. The van der Waals surface area contributed by atoms with Crippen molar-refractivity contribution >= 4 is 0 Å².